The molecule has 0 heterocycles. The van der Waals surface area contributed by atoms with E-state index in [0.717, 1.165) is 25.7 Å². The molecule has 0 aromatic carbocycles. The van der Waals surface area contributed by atoms with Gasteiger partial charge in [0.05, 0.1) is 13.2 Å². The van der Waals surface area contributed by atoms with Crippen LogP contribution in [0.3, 0.4) is 0 Å². The number of hydrogen-bond donors (Lipinski definition) is 2. The van der Waals surface area contributed by atoms with E-state index in [-0.39, 0.29) is 6.10 Å². The van der Waals surface area contributed by atoms with E-state index in [0.29, 0.717) is 12.3 Å². The third-order valence-electron chi connectivity index (χ3n) is 3.56. The zero-order chi connectivity index (χ0) is 16.0. The fourth-order valence-electron chi connectivity index (χ4n) is 2.52. The predicted molar refractivity (Wildman–Crippen MR) is 77.8 cm³/mol. The summed E-state index contributed by atoms with van der Waals surface area (Å²) in [6, 6.07) is -0.704. The molecule has 0 aromatic rings. The first-order chi connectivity index (χ1) is 9.71. The zero-order valence-corrected chi connectivity index (χ0v) is 13.3. The first-order valence-electron chi connectivity index (χ1n) is 7.46. The molecule has 122 valence electrons. The summed E-state index contributed by atoms with van der Waals surface area (Å²) in [6.45, 7) is 5.30. The Morgan fingerprint density at radius 3 is 2.29 bits per heavy atom. The Bertz CT molecular complexity index is 356. The fraction of sp³-hybridized carbons (Fsp3) is 0.867. The third-order valence-corrected chi connectivity index (χ3v) is 3.56. The van der Waals surface area contributed by atoms with Crippen molar-refractivity contribution in [2.45, 2.75) is 70.6 Å². The highest BCUT2D eigenvalue weighted by Gasteiger charge is 2.29. The number of amides is 1. The van der Waals surface area contributed by atoms with Crippen molar-refractivity contribution >= 4 is 12.1 Å². The van der Waals surface area contributed by atoms with E-state index >= 15 is 0 Å². The molecule has 0 spiro atoms. The van der Waals surface area contributed by atoms with E-state index < -0.39 is 23.7 Å². The molecule has 1 aliphatic rings. The van der Waals surface area contributed by atoms with Crippen LogP contribution in [0.1, 0.15) is 52.9 Å². The van der Waals surface area contributed by atoms with Gasteiger partial charge in [-0.3, -0.25) is 0 Å². The van der Waals surface area contributed by atoms with Crippen LogP contribution in [0.4, 0.5) is 4.79 Å². The molecule has 21 heavy (non-hydrogen) atoms. The predicted octanol–water partition coefficient (Wildman–Crippen LogP) is 1.99. The van der Waals surface area contributed by atoms with E-state index in [9.17, 15) is 14.7 Å². The van der Waals surface area contributed by atoms with Crippen LogP contribution in [0.2, 0.25) is 0 Å². The van der Waals surface area contributed by atoms with E-state index in [1.54, 1.807) is 20.8 Å². The summed E-state index contributed by atoms with van der Waals surface area (Å²) >= 11 is 0. The lowest BCUT2D eigenvalue weighted by molar-refractivity contribution is -0.143. The van der Waals surface area contributed by atoms with Crippen LogP contribution >= 0.6 is 0 Å². The minimum absolute atomic E-state index is 0.239. The lowest BCUT2D eigenvalue weighted by Gasteiger charge is -2.28. The van der Waals surface area contributed by atoms with Crippen molar-refractivity contribution in [1.29, 1.82) is 0 Å². The molecule has 6 heteroatoms. The van der Waals surface area contributed by atoms with Gasteiger partial charge in [0.25, 0.3) is 0 Å². The van der Waals surface area contributed by atoms with Crippen LogP contribution in [-0.2, 0) is 14.3 Å². The van der Waals surface area contributed by atoms with E-state index in [1.165, 1.54) is 7.11 Å². The molecule has 1 rings (SSSR count). The Morgan fingerprint density at radius 2 is 1.81 bits per heavy atom. The van der Waals surface area contributed by atoms with Gasteiger partial charge in [-0.2, -0.15) is 0 Å². The standard InChI is InChI=1S/C15H27NO5/c1-15(2,3)21-14(19)16-12(13(18)20-4)9-10-5-7-11(17)8-6-10/h10-12,17H,5-9H2,1-4H3,(H,16,19)/t10-,11-,12-/m0/s1. The normalized spacial score (nSPS) is 24.0. The second-order valence-corrected chi connectivity index (χ2v) is 6.63. The van der Waals surface area contributed by atoms with Crippen LogP contribution in [0.15, 0.2) is 0 Å². The number of methoxy groups -OCH3 is 1. The lowest BCUT2D eigenvalue weighted by Crippen LogP contribution is -2.45. The van der Waals surface area contributed by atoms with Crippen LogP contribution in [-0.4, -0.2) is 42.0 Å². The fourth-order valence-corrected chi connectivity index (χ4v) is 2.52. The molecule has 6 nitrogen and oxygen atoms in total. The smallest absolute Gasteiger partial charge is 0.408 e. The van der Waals surface area contributed by atoms with Gasteiger partial charge >= 0.3 is 12.1 Å². The minimum atomic E-state index is -0.704. The van der Waals surface area contributed by atoms with Gasteiger partial charge in [0.2, 0.25) is 0 Å². The van der Waals surface area contributed by atoms with Gasteiger partial charge in [0.15, 0.2) is 0 Å². The molecule has 1 aliphatic carbocycles. The average molecular weight is 301 g/mol. The molecule has 0 aromatic heterocycles. The largest absolute Gasteiger partial charge is 0.467 e. The molecular weight excluding hydrogens is 274 g/mol. The summed E-state index contributed by atoms with van der Waals surface area (Å²) < 4.78 is 9.92. The van der Waals surface area contributed by atoms with Crippen molar-refractivity contribution < 1.29 is 24.2 Å². The quantitative estimate of drug-likeness (QED) is 0.776. The number of nitrogens with one attached hydrogen (secondary N) is 1. The van der Waals surface area contributed by atoms with E-state index in [4.69, 9.17) is 9.47 Å². The Labute approximate surface area is 126 Å². The topological polar surface area (TPSA) is 84.9 Å². The van der Waals surface area contributed by atoms with Gasteiger partial charge in [-0.25, -0.2) is 9.59 Å². The average Bonchev–Trinajstić information content (AvgIpc) is 2.37. The van der Waals surface area contributed by atoms with Crippen LogP contribution in [0.25, 0.3) is 0 Å². The van der Waals surface area contributed by atoms with Gasteiger partial charge in [-0.15, -0.1) is 0 Å². The van der Waals surface area contributed by atoms with Gasteiger partial charge in [0, 0.05) is 0 Å². The van der Waals surface area contributed by atoms with Crippen molar-refractivity contribution in [3.05, 3.63) is 0 Å². The first kappa shape index (κ1) is 17.8. The molecule has 1 saturated carbocycles. The molecule has 1 fully saturated rings. The second-order valence-electron chi connectivity index (χ2n) is 6.63. The molecule has 0 radical (unpaired) electrons. The highest BCUT2D eigenvalue weighted by atomic mass is 16.6. The summed E-state index contributed by atoms with van der Waals surface area (Å²) in [7, 11) is 1.30. The van der Waals surface area contributed by atoms with Crippen molar-refractivity contribution in [2.75, 3.05) is 7.11 Å². The highest BCUT2D eigenvalue weighted by Crippen LogP contribution is 2.28. The minimum Gasteiger partial charge on any atom is -0.467 e. The molecule has 1 atom stereocenters. The highest BCUT2D eigenvalue weighted by molar-refractivity contribution is 5.81. The van der Waals surface area contributed by atoms with Crippen LogP contribution in [0, 0.1) is 5.92 Å². The number of alkyl carbamates (subject to hydrolysis) is 1. The molecule has 0 bridgehead atoms. The van der Waals surface area contributed by atoms with Gasteiger partial charge in [-0.05, 0) is 58.8 Å². The maximum atomic E-state index is 11.8. The monoisotopic (exact) mass is 301 g/mol. The second kappa shape index (κ2) is 7.64. The lowest BCUT2D eigenvalue weighted by atomic mass is 9.83. The Morgan fingerprint density at radius 1 is 1.24 bits per heavy atom. The summed E-state index contributed by atoms with van der Waals surface area (Å²) in [5, 5.41) is 12.1. The van der Waals surface area contributed by atoms with Crippen molar-refractivity contribution in [1.82, 2.24) is 5.32 Å². The molecule has 1 amide bonds. The van der Waals surface area contributed by atoms with E-state index in [1.807, 2.05) is 0 Å². The van der Waals surface area contributed by atoms with E-state index in [2.05, 4.69) is 5.32 Å². The summed E-state index contributed by atoms with van der Waals surface area (Å²) in [6.07, 6.45) is 2.84. The summed E-state index contributed by atoms with van der Waals surface area (Å²) in [4.78, 5) is 23.6. The Balaban J connectivity index is 2.55. The van der Waals surface area contributed by atoms with Gasteiger partial charge in [0.1, 0.15) is 11.6 Å². The number of carbonyl (C=O) groups excluding carboxylic acids is 2. The molecule has 0 saturated heterocycles. The number of carbonyl (C=O) groups is 2. The first-order valence-corrected chi connectivity index (χ1v) is 7.46. The summed E-state index contributed by atoms with van der Waals surface area (Å²) in [5.74, 6) is -0.167. The third kappa shape index (κ3) is 6.80. The van der Waals surface area contributed by atoms with Gasteiger partial charge < -0.3 is 19.9 Å². The number of hydrogen-bond acceptors (Lipinski definition) is 5. The maximum absolute atomic E-state index is 11.8. The number of rotatable bonds is 4. The van der Waals surface area contributed by atoms with Crippen LogP contribution < -0.4 is 5.32 Å². The van der Waals surface area contributed by atoms with Gasteiger partial charge in [-0.1, -0.05) is 0 Å². The molecule has 0 aliphatic heterocycles. The van der Waals surface area contributed by atoms with Crippen molar-refractivity contribution in [2.24, 2.45) is 5.92 Å². The number of aliphatic hydroxyl groups is 1. The molecular formula is C15H27NO5. The number of esters is 1. The maximum Gasteiger partial charge on any atom is 0.408 e. The SMILES string of the molecule is COC(=O)[C@H](C[C@H]1CC[C@H](O)CC1)NC(=O)OC(C)(C)C. The van der Waals surface area contributed by atoms with Crippen molar-refractivity contribution in [3.63, 3.8) is 0 Å². The molecule has 0 unspecified atom stereocenters. The Kier molecular flexibility index (Phi) is 6.45. The van der Waals surface area contributed by atoms with Crippen LogP contribution in [0.5, 0.6) is 0 Å². The number of aliphatic hydroxyl groups excluding tert-OH is 1. The Hall–Kier alpha value is -1.30. The zero-order valence-electron chi connectivity index (χ0n) is 13.3. The number of ether oxygens (including phenoxy) is 2. The summed E-state index contributed by atoms with van der Waals surface area (Å²) in [5.41, 5.74) is -0.611. The molecule has 2 N–H and O–H groups in total. The van der Waals surface area contributed by atoms with Crippen molar-refractivity contribution in [3.8, 4) is 0 Å².